The van der Waals surface area contributed by atoms with Gasteiger partial charge in [-0.1, -0.05) is 6.07 Å². The quantitative estimate of drug-likeness (QED) is 0.782. The predicted molar refractivity (Wildman–Crippen MR) is 66.0 cm³/mol. The summed E-state index contributed by atoms with van der Waals surface area (Å²) in [6.45, 7) is 2.10. The van der Waals surface area contributed by atoms with E-state index in [1.54, 1.807) is 18.2 Å². The molecule has 0 saturated carbocycles. The average molecular weight is 258 g/mol. The Kier molecular flexibility index (Phi) is 4.64. The van der Waals surface area contributed by atoms with Gasteiger partial charge in [-0.2, -0.15) is 4.31 Å². The highest BCUT2D eigenvalue weighted by atomic mass is 32.2. The first-order valence-corrected chi connectivity index (χ1v) is 6.74. The fourth-order valence-corrected chi connectivity index (χ4v) is 2.75. The van der Waals surface area contributed by atoms with Gasteiger partial charge in [0.15, 0.2) is 0 Å². The Hall–Kier alpha value is -0.950. The van der Waals surface area contributed by atoms with E-state index in [-0.39, 0.29) is 18.0 Å². The number of nitrogens with zero attached hydrogens (tertiary/aromatic N) is 1. The van der Waals surface area contributed by atoms with Gasteiger partial charge >= 0.3 is 0 Å². The van der Waals surface area contributed by atoms with E-state index in [2.05, 4.69) is 0 Å². The lowest BCUT2D eigenvalue weighted by Crippen LogP contribution is -2.29. The highest BCUT2D eigenvalue weighted by Gasteiger charge is 2.20. The number of rotatable bonds is 5. The van der Waals surface area contributed by atoms with Crippen molar-refractivity contribution < 1.29 is 13.5 Å². The highest BCUT2D eigenvalue weighted by molar-refractivity contribution is 7.89. The van der Waals surface area contributed by atoms with Crippen molar-refractivity contribution in [2.24, 2.45) is 5.73 Å². The van der Waals surface area contributed by atoms with Crippen LogP contribution in [0, 0.1) is 6.92 Å². The van der Waals surface area contributed by atoms with Crippen LogP contribution in [-0.4, -0.2) is 38.0 Å². The van der Waals surface area contributed by atoms with Crippen molar-refractivity contribution in [2.45, 2.75) is 18.4 Å². The molecule has 6 heteroatoms. The van der Waals surface area contributed by atoms with Crippen molar-refractivity contribution in [3.8, 4) is 0 Å². The fraction of sp³-hybridized carbons (Fsp3) is 0.455. The Bertz CT molecular complexity index is 485. The molecular weight excluding hydrogens is 240 g/mol. The van der Waals surface area contributed by atoms with Crippen molar-refractivity contribution >= 4 is 10.0 Å². The van der Waals surface area contributed by atoms with Crippen LogP contribution in [0.2, 0.25) is 0 Å². The third-order valence-electron chi connectivity index (χ3n) is 2.66. The second kappa shape index (κ2) is 5.59. The number of hydrogen-bond acceptors (Lipinski definition) is 4. The van der Waals surface area contributed by atoms with E-state index >= 15 is 0 Å². The molecule has 96 valence electrons. The molecule has 0 aliphatic rings. The Morgan fingerprint density at radius 2 is 2.06 bits per heavy atom. The van der Waals surface area contributed by atoms with Crippen LogP contribution in [0.5, 0.6) is 0 Å². The van der Waals surface area contributed by atoms with Gasteiger partial charge in [-0.05, 0) is 30.2 Å². The molecule has 0 saturated heterocycles. The van der Waals surface area contributed by atoms with E-state index < -0.39 is 10.0 Å². The van der Waals surface area contributed by atoms with Crippen LogP contribution in [0.15, 0.2) is 23.1 Å². The van der Waals surface area contributed by atoms with Crippen molar-refractivity contribution in [1.29, 1.82) is 0 Å². The number of sulfonamides is 1. The zero-order valence-corrected chi connectivity index (χ0v) is 10.9. The molecule has 0 atom stereocenters. The first-order valence-electron chi connectivity index (χ1n) is 5.30. The number of benzene rings is 1. The summed E-state index contributed by atoms with van der Waals surface area (Å²) in [4.78, 5) is 0.225. The minimum atomic E-state index is -3.52. The summed E-state index contributed by atoms with van der Waals surface area (Å²) < 4.78 is 25.2. The van der Waals surface area contributed by atoms with E-state index in [1.165, 1.54) is 7.05 Å². The molecule has 3 N–H and O–H groups in total. The molecule has 0 aliphatic heterocycles. The maximum Gasteiger partial charge on any atom is 0.242 e. The molecule has 0 radical (unpaired) electrons. The summed E-state index contributed by atoms with van der Waals surface area (Å²) in [5.41, 5.74) is 7.30. The first-order chi connectivity index (χ1) is 7.93. The van der Waals surface area contributed by atoms with Gasteiger partial charge in [0.05, 0.1) is 11.5 Å². The normalized spacial score (nSPS) is 12.1. The fourth-order valence-electron chi connectivity index (χ4n) is 1.50. The SMILES string of the molecule is Cc1cc(S(=O)(=O)N(C)CCO)ccc1CN. The molecule has 1 aromatic carbocycles. The number of aliphatic hydroxyl groups excluding tert-OH is 1. The second-order valence-corrected chi connectivity index (χ2v) is 5.89. The van der Waals surface area contributed by atoms with Gasteiger partial charge in [0.2, 0.25) is 10.0 Å². The lowest BCUT2D eigenvalue weighted by Gasteiger charge is -2.16. The van der Waals surface area contributed by atoms with Crippen molar-refractivity contribution in [1.82, 2.24) is 4.31 Å². The van der Waals surface area contributed by atoms with Crippen molar-refractivity contribution in [3.05, 3.63) is 29.3 Å². The van der Waals surface area contributed by atoms with Gasteiger partial charge in [-0.15, -0.1) is 0 Å². The van der Waals surface area contributed by atoms with Gasteiger partial charge in [0.1, 0.15) is 0 Å². The Morgan fingerprint density at radius 1 is 1.41 bits per heavy atom. The molecule has 0 amide bonds. The summed E-state index contributed by atoms with van der Waals surface area (Å²) in [6, 6.07) is 4.86. The summed E-state index contributed by atoms with van der Waals surface area (Å²) in [6.07, 6.45) is 0. The van der Waals surface area contributed by atoms with Gasteiger partial charge in [-0.25, -0.2) is 8.42 Å². The summed E-state index contributed by atoms with van der Waals surface area (Å²) in [5.74, 6) is 0. The molecule has 0 heterocycles. The molecule has 0 bridgehead atoms. The van der Waals surface area contributed by atoms with E-state index in [9.17, 15) is 8.42 Å². The van der Waals surface area contributed by atoms with Gasteiger partial charge < -0.3 is 10.8 Å². The molecule has 0 unspecified atom stereocenters. The van der Waals surface area contributed by atoms with Gasteiger partial charge in [0, 0.05) is 20.1 Å². The van der Waals surface area contributed by atoms with Gasteiger partial charge in [0.25, 0.3) is 0 Å². The molecule has 0 aliphatic carbocycles. The Morgan fingerprint density at radius 3 is 2.53 bits per heavy atom. The number of nitrogens with two attached hydrogens (primary N) is 1. The number of likely N-dealkylation sites (N-methyl/N-ethyl adjacent to an activating group) is 1. The zero-order valence-electron chi connectivity index (χ0n) is 10.0. The van der Waals surface area contributed by atoms with Gasteiger partial charge in [-0.3, -0.25) is 0 Å². The van der Waals surface area contributed by atoms with E-state index in [0.717, 1.165) is 15.4 Å². The van der Waals surface area contributed by atoms with Crippen LogP contribution in [-0.2, 0) is 16.6 Å². The van der Waals surface area contributed by atoms with Crippen LogP contribution in [0.4, 0.5) is 0 Å². The molecule has 0 fully saturated rings. The Labute approximate surface area is 102 Å². The first kappa shape index (κ1) is 14.1. The summed E-state index contributed by atoms with van der Waals surface area (Å²) >= 11 is 0. The van der Waals surface area contributed by atoms with Crippen molar-refractivity contribution in [2.75, 3.05) is 20.2 Å². The van der Waals surface area contributed by atoms with Crippen LogP contribution in [0.1, 0.15) is 11.1 Å². The third-order valence-corrected chi connectivity index (χ3v) is 4.51. The monoisotopic (exact) mass is 258 g/mol. The molecule has 17 heavy (non-hydrogen) atoms. The second-order valence-electron chi connectivity index (χ2n) is 3.84. The van der Waals surface area contributed by atoms with Crippen LogP contribution in [0.25, 0.3) is 0 Å². The maximum absolute atomic E-state index is 12.1. The van der Waals surface area contributed by atoms with E-state index in [0.29, 0.717) is 6.54 Å². The standard InChI is InChI=1S/C11H18N2O3S/c1-9-7-11(4-3-10(9)8-12)17(15,16)13(2)5-6-14/h3-4,7,14H,5-6,8,12H2,1-2H3. The molecule has 1 rings (SSSR count). The molecular formula is C11H18N2O3S. The smallest absolute Gasteiger partial charge is 0.242 e. The summed E-state index contributed by atoms with van der Waals surface area (Å²) in [5, 5.41) is 8.76. The number of aryl methyl sites for hydroxylation is 1. The largest absolute Gasteiger partial charge is 0.395 e. The van der Waals surface area contributed by atoms with Crippen LogP contribution < -0.4 is 5.73 Å². The maximum atomic E-state index is 12.1. The van der Waals surface area contributed by atoms with Crippen molar-refractivity contribution in [3.63, 3.8) is 0 Å². The minimum Gasteiger partial charge on any atom is -0.395 e. The topological polar surface area (TPSA) is 83.6 Å². The minimum absolute atomic E-state index is 0.0834. The third kappa shape index (κ3) is 3.04. The predicted octanol–water partition coefficient (Wildman–Crippen LogP) is 0.0665. The molecule has 5 nitrogen and oxygen atoms in total. The Balaban J connectivity index is 3.12. The van der Waals surface area contributed by atoms with E-state index in [4.69, 9.17) is 10.8 Å². The summed E-state index contributed by atoms with van der Waals surface area (Å²) in [7, 11) is -2.07. The lowest BCUT2D eigenvalue weighted by molar-refractivity contribution is 0.266. The zero-order chi connectivity index (χ0) is 13.1. The lowest BCUT2D eigenvalue weighted by atomic mass is 10.1. The number of aliphatic hydroxyl groups is 1. The van der Waals surface area contributed by atoms with Crippen LogP contribution >= 0.6 is 0 Å². The molecule has 0 aromatic heterocycles. The molecule has 1 aromatic rings. The highest BCUT2D eigenvalue weighted by Crippen LogP contribution is 2.18. The average Bonchev–Trinajstić information content (AvgIpc) is 2.29. The number of hydrogen-bond donors (Lipinski definition) is 2. The van der Waals surface area contributed by atoms with Crippen LogP contribution in [0.3, 0.4) is 0 Å². The molecule has 0 spiro atoms. The van der Waals surface area contributed by atoms with E-state index in [1.807, 2.05) is 6.92 Å².